The standard InChI is InChI=1S/C39H34FIN2O5S/c1-5-47-38(45)33-34(26-11-7-6-8-12-26)42-39-43(35(33)27-17-15-25(16-18-27)23(2)3)37(44)32(49-39)21-24-19-30(41)36(31(20-24)46-4)48-22-28-13-9-10-14-29(28)40/h6-21,23,35H,5,22H2,1-4H3/b32-21-/t35-/m1/s1. The number of esters is 1. The van der Waals surface area contributed by atoms with Crippen LogP contribution in [0.4, 0.5) is 4.39 Å². The number of fused-ring (bicyclic) bond motifs is 1. The van der Waals surface area contributed by atoms with Crippen molar-refractivity contribution in [3.8, 4) is 11.5 Å². The zero-order valence-electron chi connectivity index (χ0n) is 27.4. The number of carbonyl (C=O) groups is 1. The van der Waals surface area contributed by atoms with E-state index >= 15 is 0 Å². The number of thiazole rings is 1. The van der Waals surface area contributed by atoms with Crippen LogP contribution >= 0.6 is 33.9 Å². The minimum absolute atomic E-state index is 0.0294. The van der Waals surface area contributed by atoms with Crippen molar-refractivity contribution in [2.75, 3.05) is 13.7 Å². The van der Waals surface area contributed by atoms with E-state index in [1.165, 1.54) is 24.5 Å². The SMILES string of the molecule is CCOC(=O)C1=C(c2ccccc2)N=c2s/c(=C\c3cc(I)c(OCc4ccccc4F)c(OC)c3)c(=O)n2[C@@H]1c1ccc(C(C)C)cc1. The molecule has 0 unspecified atom stereocenters. The molecule has 4 aromatic carbocycles. The van der Waals surface area contributed by atoms with Gasteiger partial charge < -0.3 is 14.2 Å². The molecule has 0 saturated heterocycles. The van der Waals surface area contributed by atoms with Crippen molar-refractivity contribution in [3.63, 3.8) is 0 Å². The van der Waals surface area contributed by atoms with Crippen molar-refractivity contribution in [3.05, 3.63) is 153 Å². The maximum atomic E-state index is 14.4. The van der Waals surface area contributed by atoms with Gasteiger partial charge >= 0.3 is 5.97 Å². The summed E-state index contributed by atoms with van der Waals surface area (Å²) in [5.74, 6) is 0.358. The van der Waals surface area contributed by atoms with Gasteiger partial charge in [0.15, 0.2) is 16.3 Å². The smallest absolute Gasteiger partial charge is 0.338 e. The quantitative estimate of drug-likeness (QED) is 0.109. The molecule has 1 aliphatic rings. The molecule has 1 aromatic heterocycles. The third-order valence-corrected chi connectivity index (χ3v) is 9.96. The molecule has 49 heavy (non-hydrogen) atoms. The number of hydrogen-bond donors (Lipinski definition) is 0. The molecule has 0 fully saturated rings. The van der Waals surface area contributed by atoms with E-state index in [2.05, 4.69) is 36.4 Å². The lowest BCUT2D eigenvalue weighted by molar-refractivity contribution is -0.138. The number of nitrogens with zero attached hydrogens (tertiary/aromatic N) is 2. The number of halogens is 2. The van der Waals surface area contributed by atoms with E-state index < -0.39 is 12.0 Å². The summed E-state index contributed by atoms with van der Waals surface area (Å²) in [6.45, 7) is 6.20. The van der Waals surface area contributed by atoms with Gasteiger partial charge in [-0.2, -0.15) is 0 Å². The fourth-order valence-corrected chi connectivity index (χ4v) is 7.48. The molecule has 1 atom stereocenters. The van der Waals surface area contributed by atoms with Crippen molar-refractivity contribution in [2.45, 2.75) is 39.3 Å². The zero-order valence-corrected chi connectivity index (χ0v) is 30.4. The molecule has 5 aromatic rings. The first kappa shape index (κ1) is 34.3. The molecular formula is C39H34FIN2O5S. The van der Waals surface area contributed by atoms with Gasteiger partial charge in [-0.25, -0.2) is 14.2 Å². The van der Waals surface area contributed by atoms with Crippen molar-refractivity contribution in [2.24, 2.45) is 4.99 Å². The predicted molar refractivity (Wildman–Crippen MR) is 198 cm³/mol. The number of ether oxygens (including phenoxy) is 3. The molecule has 10 heteroatoms. The lowest BCUT2D eigenvalue weighted by Gasteiger charge is -2.26. The summed E-state index contributed by atoms with van der Waals surface area (Å²) in [4.78, 5) is 33.5. The first-order chi connectivity index (χ1) is 23.7. The molecule has 0 bridgehead atoms. The summed E-state index contributed by atoms with van der Waals surface area (Å²) in [6.07, 6.45) is 1.78. The van der Waals surface area contributed by atoms with Gasteiger partial charge in [-0.1, -0.05) is 98.0 Å². The number of methoxy groups -OCH3 is 1. The van der Waals surface area contributed by atoms with Crippen LogP contribution in [-0.2, 0) is 16.1 Å². The normalized spacial score (nSPS) is 14.4. The maximum absolute atomic E-state index is 14.4. The Labute approximate surface area is 301 Å². The molecule has 0 radical (unpaired) electrons. The van der Waals surface area contributed by atoms with Crippen LogP contribution in [0.15, 0.2) is 106 Å². The predicted octanol–water partition coefficient (Wildman–Crippen LogP) is 7.39. The first-order valence-corrected chi connectivity index (χ1v) is 17.7. The van der Waals surface area contributed by atoms with E-state index in [-0.39, 0.29) is 24.6 Å². The van der Waals surface area contributed by atoms with Crippen molar-refractivity contribution in [1.82, 2.24) is 4.57 Å². The van der Waals surface area contributed by atoms with Gasteiger partial charge in [0.2, 0.25) is 0 Å². The van der Waals surface area contributed by atoms with Crippen molar-refractivity contribution >= 4 is 51.7 Å². The Hall–Kier alpha value is -4.55. The first-order valence-electron chi connectivity index (χ1n) is 15.8. The van der Waals surface area contributed by atoms with Gasteiger partial charge in [-0.3, -0.25) is 9.36 Å². The average molecular weight is 789 g/mol. The van der Waals surface area contributed by atoms with Gasteiger partial charge in [0.05, 0.1) is 39.1 Å². The Kier molecular flexibility index (Phi) is 10.4. The van der Waals surface area contributed by atoms with Gasteiger partial charge in [0, 0.05) is 11.1 Å². The van der Waals surface area contributed by atoms with E-state index in [0.29, 0.717) is 49.1 Å². The lowest BCUT2D eigenvalue weighted by atomic mass is 9.91. The van der Waals surface area contributed by atoms with Crippen LogP contribution in [0.2, 0.25) is 0 Å². The second kappa shape index (κ2) is 14.9. The van der Waals surface area contributed by atoms with Gasteiger partial charge in [0.1, 0.15) is 12.4 Å². The van der Waals surface area contributed by atoms with Crippen LogP contribution in [0.5, 0.6) is 11.5 Å². The molecule has 250 valence electrons. The lowest BCUT2D eigenvalue weighted by Crippen LogP contribution is -2.40. The highest BCUT2D eigenvalue weighted by Gasteiger charge is 2.35. The van der Waals surface area contributed by atoms with E-state index in [9.17, 15) is 14.0 Å². The molecule has 0 saturated carbocycles. The fourth-order valence-electron chi connectivity index (χ4n) is 5.70. The molecule has 0 aliphatic carbocycles. The highest BCUT2D eigenvalue weighted by Crippen LogP contribution is 2.37. The monoisotopic (exact) mass is 788 g/mol. The summed E-state index contributed by atoms with van der Waals surface area (Å²) >= 11 is 3.39. The van der Waals surface area contributed by atoms with Crippen LogP contribution in [0.3, 0.4) is 0 Å². The van der Waals surface area contributed by atoms with Crippen LogP contribution in [-0.4, -0.2) is 24.3 Å². The largest absolute Gasteiger partial charge is 0.493 e. The number of carbonyl (C=O) groups excluding carboxylic acids is 1. The maximum Gasteiger partial charge on any atom is 0.338 e. The van der Waals surface area contributed by atoms with Crippen LogP contribution in [0.1, 0.15) is 60.5 Å². The Morgan fingerprint density at radius 2 is 1.76 bits per heavy atom. The number of hydrogen-bond acceptors (Lipinski definition) is 7. The zero-order chi connectivity index (χ0) is 34.7. The van der Waals surface area contributed by atoms with Crippen molar-refractivity contribution in [1.29, 1.82) is 0 Å². The average Bonchev–Trinajstić information content (AvgIpc) is 3.41. The highest BCUT2D eigenvalue weighted by atomic mass is 127. The van der Waals surface area contributed by atoms with Gasteiger partial charge in [-0.05, 0) is 76.4 Å². The summed E-state index contributed by atoms with van der Waals surface area (Å²) in [5, 5.41) is 0. The Morgan fingerprint density at radius 3 is 2.43 bits per heavy atom. The number of rotatable bonds is 10. The van der Waals surface area contributed by atoms with E-state index in [1.807, 2.05) is 60.7 Å². The molecule has 1 aliphatic heterocycles. The van der Waals surface area contributed by atoms with E-state index in [1.54, 1.807) is 41.8 Å². The summed E-state index contributed by atoms with van der Waals surface area (Å²) in [7, 11) is 1.53. The minimum atomic E-state index is -0.766. The minimum Gasteiger partial charge on any atom is -0.493 e. The van der Waals surface area contributed by atoms with Gasteiger partial charge in [-0.15, -0.1) is 0 Å². The molecule has 2 heterocycles. The third-order valence-electron chi connectivity index (χ3n) is 8.17. The third kappa shape index (κ3) is 7.11. The van der Waals surface area contributed by atoms with E-state index in [0.717, 1.165) is 20.3 Å². The molecule has 0 spiro atoms. The molecular weight excluding hydrogens is 754 g/mol. The fraction of sp³-hybridized carbons (Fsp3) is 0.205. The number of aromatic nitrogens is 1. The van der Waals surface area contributed by atoms with Crippen molar-refractivity contribution < 1.29 is 23.4 Å². The summed E-state index contributed by atoms with van der Waals surface area (Å²) in [6, 6.07) is 26.8. The van der Waals surface area contributed by atoms with Crippen LogP contribution in [0.25, 0.3) is 11.8 Å². The molecule has 6 rings (SSSR count). The second-order valence-corrected chi connectivity index (χ2v) is 13.8. The Morgan fingerprint density at radius 1 is 1.04 bits per heavy atom. The topological polar surface area (TPSA) is 79.1 Å². The highest BCUT2D eigenvalue weighted by molar-refractivity contribution is 14.1. The van der Waals surface area contributed by atoms with Gasteiger partial charge in [0.25, 0.3) is 5.56 Å². The molecule has 7 nitrogen and oxygen atoms in total. The van der Waals surface area contributed by atoms with Crippen LogP contribution in [0, 0.1) is 9.39 Å². The Bertz CT molecular complexity index is 2230. The second-order valence-electron chi connectivity index (χ2n) is 11.7. The summed E-state index contributed by atoms with van der Waals surface area (Å²) < 4.78 is 34.2. The Balaban J connectivity index is 1.50. The molecule has 0 amide bonds. The van der Waals surface area contributed by atoms with E-state index in [4.69, 9.17) is 19.2 Å². The number of benzene rings is 4. The molecule has 0 N–H and O–H groups in total. The van der Waals surface area contributed by atoms with Crippen LogP contribution < -0.4 is 24.4 Å². The summed E-state index contributed by atoms with van der Waals surface area (Å²) in [5.41, 5.74) is 4.28.